The molecule has 9 heteroatoms. The van der Waals surface area contributed by atoms with Crippen LogP contribution in [0.5, 0.6) is 46.0 Å². The zero-order valence-electron chi connectivity index (χ0n) is 24.4. The van der Waals surface area contributed by atoms with E-state index in [0.717, 1.165) is 0 Å². The van der Waals surface area contributed by atoms with Gasteiger partial charge in [-0.05, 0) is 67.4 Å². The predicted molar refractivity (Wildman–Crippen MR) is 153 cm³/mol. The first-order chi connectivity index (χ1) is 19.2. The molecule has 40 heavy (non-hydrogen) atoms. The Morgan fingerprint density at radius 1 is 0.575 bits per heavy atom. The van der Waals surface area contributed by atoms with Gasteiger partial charge in [0, 0.05) is 11.1 Å². The third-order valence-corrected chi connectivity index (χ3v) is 6.01. The van der Waals surface area contributed by atoms with Crippen molar-refractivity contribution in [3.63, 3.8) is 0 Å². The van der Waals surface area contributed by atoms with E-state index in [1.807, 2.05) is 26.0 Å². The van der Waals surface area contributed by atoms with Crippen molar-refractivity contribution in [1.29, 1.82) is 0 Å². The van der Waals surface area contributed by atoms with Crippen molar-refractivity contribution in [2.24, 2.45) is 0 Å². The van der Waals surface area contributed by atoms with Gasteiger partial charge in [-0.15, -0.1) is 0 Å². The molecule has 9 nitrogen and oxygen atoms in total. The molecule has 0 spiro atoms. The highest BCUT2D eigenvalue weighted by Crippen LogP contribution is 2.43. The van der Waals surface area contributed by atoms with Crippen LogP contribution in [0.3, 0.4) is 0 Å². The summed E-state index contributed by atoms with van der Waals surface area (Å²) in [6, 6.07) is 12.1. The molecule has 0 aliphatic heterocycles. The van der Waals surface area contributed by atoms with Crippen LogP contribution in [0.2, 0.25) is 0 Å². The quantitative estimate of drug-likeness (QED) is 0.145. The van der Waals surface area contributed by atoms with E-state index in [1.165, 1.54) is 42.7 Å². The van der Waals surface area contributed by atoms with Gasteiger partial charge in [-0.3, -0.25) is 4.79 Å². The lowest BCUT2D eigenvalue weighted by molar-refractivity contribution is 0.105. The summed E-state index contributed by atoms with van der Waals surface area (Å²) in [5, 5.41) is 0. The number of methoxy groups -OCH3 is 7. The summed E-state index contributed by atoms with van der Waals surface area (Å²) in [5.74, 6) is 3.12. The Labute approximate surface area is 235 Å². The second-order valence-electron chi connectivity index (χ2n) is 8.79. The molecule has 0 unspecified atom stereocenters. The Balaban J connectivity index is 2.31. The molecule has 0 bridgehead atoms. The predicted octanol–water partition coefficient (Wildman–Crippen LogP) is 5.96. The van der Waals surface area contributed by atoms with E-state index in [2.05, 4.69) is 0 Å². The summed E-state index contributed by atoms with van der Waals surface area (Å²) < 4.78 is 44.5. The van der Waals surface area contributed by atoms with Crippen molar-refractivity contribution in [2.45, 2.75) is 20.0 Å². The van der Waals surface area contributed by atoms with Crippen LogP contribution >= 0.6 is 0 Å². The fourth-order valence-corrected chi connectivity index (χ4v) is 4.18. The van der Waals surface area contributed by atoms with Gasteiger partial charge in [0.1, 0.15) is 0 Å². The number of rotatable bonds is 13. The van der Waals surface area contributed by atoms with Crippen LogP contribution in [-0.2, 0) is 0 Å². The van der Waals surface area contributed by atoms with Gasteiger partial charge in [-0.25, -0.2) is 0 Å². The number of Topliss-reactive ketones (excluding diaryl/α,β-unsaturated/α-hetero) is 1. The van der Waals surface area contributed by atoms with Crippen LogP contribution in [0.25, 0.3) is 11.6 Å². The monoisotopic (exact) mass is 552 g/mol. The summed E-state index contributed by atoms with van der Waals surface area (Å²) in [6.45, 7) is 3.86. The minimum absolute atomic E-state index is 0.0800. The van der Waals surface area contributed by atoms with Crippen LogP contribution in [0.15, 0.2) is 42.5 Å². The van der Waals surface area contributed by atoms with Crippen LogP contribution in [0, 0.1) is 0 Å². The first kappa shape index (κ1) is 30.0. The number of allylic oxidation sites excluding steroid dienone is 1. The third-order valence-electron chi connectivity index (χ3n) is 6.01. The van der Waals surface area contributed by atoms with Crippen molar-refractivity contribution < 1.29 is 42.7 Å². The maximum Gasteiger partial charge on any atom is 0.203 e. The van der Waals surface area contributed by atoms with E-state index < -0.39 is 0 Å². The molecule has 0 atom stereocenters. The fourth-order valence-electron chi connectivity index (χ4n) is 4.18. The Kier molecular flexibility index (Phi) is 10.1. The molecule has 0 aromatic heterocycles. The van der Waals surface area contributed by atoms with Gasteiger partial charge < -0.3 is 37.9 Å². The molecule has 3 aromatic rings. The first-order valence-corrected chi connectivity index (χ1v) is 12.5. The first-order valence-electron chi connectivity index (χ1n) is 12.5. The number of benzene rings is 3. The van der Waals surface area contributed by atoms with Gasteiger partial charge in [0.25, 0.3) is 0 Å². The Morgan fingerprint density at radius 2 is 1.02 bits per heavy atom. The lowest BCUT2D eigenvalue weighted by Gasteiger charge is -2.17. The van der Waals surface area contributed by atoms with Crippen molar-refractivity contribution in [3.05, 3.63) is 59.2 Å². The molecule has 0 fully saturated rings. The minimum atomic E-state index is -0.310. The molecule has 0 saturated heterocycles. The molecule has 0 saturated carbocycles. The van der Waals surface area contributed by atoms with Gasteiger partial charge in [0.15, 0.2) is 40.3 Å². The topological polar surface area (TPSA) is 90.9 Å². The molecule has 3 aromatic carbocycles. The highest BCUT2D eigenvalue weighted by molar-refractivity contribution is 6.32. The van der Waals surface area contributed by atoms with Gasteiger partial charge in [0.05, 0.1) is 55.9 Å². The maximum absolute atomic E-state index is 14.2. The average Bonchev–Trinajstić information content (AvgIpc) is 2.97. The Morgan fingerprint density at radius 3 is 1.43 bits per heavy atom. The normalized spacial score (nSPS) is 11.1. The van der Waals surface area contributed by atoms with E-state index in [0.29, 0.717) is 68.3 Å². The summed E-state index contributed by atoms with van der Waals surface area (Å²) in [7, 11) is 10.6. The Bertz CT molecular complexity index is 1330. The van der Waals surface area contributed by atoms with E-state index in [9.17, 15) is 4.79 Å². The van der Waals surface area contributed by atoms with Gasteiger partial charge in [-0.1, -0.05) is 6.07 Å². The molecular weight excluding hydrogens is 516 g/mol. The van der Waals surface area contributed by atoms with Crippen molar-refractivity contribution in [3.8, 4) is 46.0 Å². The van der Waals surface area contributed by atoms with Gasteiger partial charge >= 0.3 is 0 Å². The Hall–Kier alpha value is -4.53. The van der Waals surface area contributed by atoms with Crippen molar-refractivity contribution in [1.82, 2.24) is 0 Å². The van der Waals surface area contributed by atoms with Crippen molar-refractivity contribution >= 4 is 17.4 Å². The lowest BCUT2D eigenvalue weighted by atomic mass is 9.93. The second-order valence-corrected chi connectivity index (χ2v) is 8.79. The summed E-state index contributed by atoms with van der Waals surface area (Å²) in [6.07, 6.45) is 1.68. The zero-order chi connectivity index (χ0) is 29.4. The van der Waals surface area contributed by atoms with Gasteiger partial charge in [0.2, 0.25) is 11.5 Å². The molecule has 0 N–H and O–H groups in total. The number of carbonyl (C=O) groups is 1. The summed E-state index contributed by atoms with van der Waals surface area (Å²) >= 11 is 0. The standard InChI is InChI=1S/C31H36O9/c1-18(2)40-24-13-19(10-11-23(24)33-3)12-22(20-14-25(34-4)30(38-8)26(15-20)35-5)29(32)21-16-27(36-6)31(39-9)28(17-21)37-7/h10-18H,1-9H3/b22-12-. The lowest BCUT2D eigenvalue weighted by Crippen LogP contribution is -2.07. The van der Waals surface area contributed by atoms with Gasteiger partial charge in [-0.2, -0.15) is 0 Å². The van der Waals surface area contributed by atoms with E-state index in [4.69, 9.17) is 37.9 Å². The van der Waals surface area contributed by atoms with Crippen LogP contribution < -0.4 is 37.9 Å². The van der Waals surface area contributed by atoms with Crippen LogP contribution in [-0.4, -0.2) is 61.7 Å². The number of hydrogen-bond acceptors (Lipinski definition) is 9. The molecule has 214 valence electrons. The second kappa shape index (κ2) is 13.5. The minimum Gasteiger partial charge on any atom is -0.493 e. The van der Waals surface area contributed by atoms with E-state index in [1.54, 1.807) is 43.5 Å². The molecule has 0 aliphatic rings. The fraction of sp³-hybridized carbons (Fsp3) is 0.323. The highest BCUT2D eigenvalue weighted by atomic mass is 16.5. The zero-order valence-corrected chi connectivity index (χ0v) is 24.4. The SMILES string of the molecule is COc1ccc(/C=C(\C(=O)c2cc(OC)c(OC)c(OC)c2)c2cc(OC)c(OC)c(OC)c2)cc1OC(C)C. The molecular formula is C31H36O9. The number of hydrogen-bond donors (Lipinski definition) is 0. The number of ether oxygens (including phenoxy) is 8. The van der Waals surface area contributed by atoms with E-state index in [-0.39, 0.29) is 11.9 Å². The molecule has 3 rings (SSSR count). The maximum atomic E-state index is 14.2. The number of ketones is 1. The third kappa shape index (κ3) is 6.36. The summed E-state index contributed by atoms with van der Waals surface area (Å²) in [4.78, 5) is 14.2. The average molecular weight is 553 g/mol. The van der Waals surface area contributed by atoms with E-state index >= 15 is 0 Å². The van der Waals surface area contributed by atoms with Crippen LogP contribution in [0.1, 0.15) is 35.3 Å². The highest BCUT2D eigenvalue weighted by Gasteiger charge is 2.24. The molecule has 0 amide bonds. The number of carbonyl (C=O) groups excluding carboxylic acids is 1. The molecule has 0 heterocycles. The van der Waals surface area contributed by atoms with Crippen LogP contribution in [0.4, 0.5) is 0 Å². The largest absolute Gasteiger partial charge is 0.493 e. The smallest absolute Gasteiger partial charge is 0.203 e. The van der Waals surface area contributed by atoms with Crippen molar-refractivity contribution in [2.75, 3.05) is 49.8 Å². The summed E-state index contributed by atoms with van der Waals surface area (Å²) in [5.41, 5.74) is 1.91. The molecule has 0 aliphatic carbocycles. The molecule has 0 radical (unpaired) electrons.